The highest BCUT2D eigenvalue weighted by molar-refractivity contribution is 6.30. The molecule has 0 atom stereocenters. The van der Waals surface area contributed by atoms with E-state index >= 15 is 0 Å². The highest BCUT2D eigenvalue weighted by Gasteiger charge is 2.25. The quantitative estimate of drug-likeness (QED) is 0.879. The molecule has 2 nitrogen and oxygen atoms in total. The number of hydrogen-bond donors (Lipinski definition) is 1. The number of halogens is 2. The van der Waals surface area contributed by atoms with Gasteiger partial charge in [-0.1, -0.05) is 24.6 Å². The Morgan fingerprint density at radius 2 is 2.12 bits per heavy atom. The van der Waals surface area contributed by atoms with E-state index in [9.17, 15) is 9.18 Å². The van der Waals surface area contributed by atoms with Gasteiger partial charge in [0.2, 0.25) is 0 Å². The third kappa shape index (κ3) is 3.79. The highest BCUT2D eigenvalue weighted by Crippen LogP contribution is 2.17. The second-order valence-corrected chi connectivity index (χ2v) is 4.91. The molecular formula is C13H17ClFNO. The Morgan fingerprint density at radius 1 is 1.47 bits per heavy atom. The standard InChI is InChI=1S/C13H17ClFNO/c1-4-16-13(2,3)12(17)8-9-5-6-10(14)11(15)7-9/h5-7,16H,4,8H2,1-3H3. The van der Waals surface area contributed by atoms with Gasteiger partial charge in [-0.2, -0.15) is 0 Å². The molecule has 0 saturated carbocycles. The van der Waals surface area contributed by atoms with Crippen molar-refractivity contribution >= 4 is 17.4 Å². The molecule has 0 fully saturated rings. The number of carbonyl (C=O) groups excluding carboxylic acids is 1. The molecule has 0 amide bonds. The summed E-state index contributed by atoms with van der Waals surface area (Å²) in [5, 5.41) is 3.17. The molecule has 0 heterocycles. The third-order valence-electron chi connectivity index (χ3n) is 2.66. The number of likely N-dealkylation sites (N-methyl/N-ethyl adjacent to an activating group) is 1. The van der Waals surface area contributed by atoms with Crippen LogP contribution in [0.15, 0.2) is 18.2 Å². The van der Waals surface area contributed by atoms with Crippen LogP contribution in [0.25, 0.3) is 0 Å². The van der Waals surface area contributed by atoms with Crippen molar-refractivity contribution in [3.8, 4) is 0 Å². The van der Waals surface area contributed by atoms with Gasteiger partial charge in [-0.15, -0.1) is 0 Å². The smallest absolute Gasteiger partial charge is 0.156 e. The van der Waals surface area contributed by atoms with Crippen molar-refractivity contribution in [2.75, 3.05) is 6.54 Å². The molecule has 94 valence electrons. The minimum absolute atomic E-state index is 0.0288. The molecule has 0 aliphatic rings. The average Bonchev–Trinajstić information content (AvgIpc) is 2.23. The van der Waals surface area contributed by atoms with Crippen LogP contribution in [0, 0.1) is 5.82 Å². The van der Waals surface area contributed by atoms with Gasteiger partial charge in [-0.25, -0.2) is 4.39 Å². The third-order valence-corrected chi connectivity index (χ3v) is 2.97. The topological polar surface area (TPSA) is 29.1 Å². The Morgan fingerprint density at radius 3 is 2.65 bits per heavy atom. The lowest BCUT2D eigenvalue weighted by molar-refractivity contribution is -0.123. The molecule has 4 heteroatoms. The second kappa shape index (κ2) is 5.61. The summed E-state index contributed by atoms with van der Waals surface area (Å²) in [5.41, 5.74) is 0.0492. The molecule has 1 rings (SSSR count). The van der Waals surface area contributed by atoms with Crippen LogP contribution in [-0.4, -0.2) is 17.9 Å². The molecule has 0 aromatic heterocycles. The van der Waals surface area contributed by atoms with Gasteiger partial charge in [0.05, 0.1) is 10.6 Å². The zero-order valence-corrected chi connectivity index (χ0v) is 11.1. The monoisotopic (exact) mass is 257 g/mol. The van der Waals surface area contributed by atoms with Gasteiger partial charge in [-0.3, -0.25) is 4.79 Å². The first-order chi connectivity index (χ1) is 7.86. The number of Topliss-reactive ketones (excluding diaryl/α,β-unsaturated/α-hetero) is 1. The first-order valence-corrected chi connectivity index (χ1v) is 5.97. The Balaban J connectivity index is 2.77. The van der Waals surface area contributed by atoms with Crippen LogP contribution in [0.4, 0.5) is 4.39 Å². The fourth-order valence-corrected chi connectivity index (χ4v) is 1.71. The zero-order valence-electron chi connectivity index (χ0n) is 10.3. The number of nitrogens with one attached hydrogen (secondary N) is 1. The summed E-state index contributed by atoms with van der Waals surface area (Å²) < 4.78 is 13.2. The maximum Gasteiger partial charge on any atom is 0.156 e. The minimum Gasteiger partial charge on any atom is -0.306 e. The number of carbonyl (C=O) groups is 1. The molecule has 0 radical (unpaired) electrons. The van der Waals surface area contributed by atoms with E-state index in [0.717, 1.165) is 0 Å². The zero-order chi connectivity index (χ0) is 13.1. The summed E-state index contributed by atoms with van der Waals surface area (Å²) in [4.78, 5) is 12.0. The van der Waals surface area contributed by atoms with Gasteiger partial charge >= 0.3 is 0 Å². The Labute approximate surface area is 106 Å². The summed E-state index contributed by atoms with van der Waals surface area (Å²) in [6.07, 6.45) is 0.202. The first kappa shape index (κ1) is 14.1. The Hall–Kier alpha value is -0.930. The largest absolute Gasteiger partial charge is 0.306 e. The number of benzene rings is 1. The molecule has 17 heavy (non-hydrogen) atoms. The Bertz CT molecular complexity index is 418. The van der Waals surface area contributed by atoms with Crippen molar-refractivity contribution in [3.63, 3.8) is 0 Å². The summed E-state index contributed by atoms with van der Waals surface area (Å²) >= 11 is 5.58. The SMILES string of the molecule is CCNC(C)(C)C(=O)Cc1ccc(Cl)c(F)c1. The van der Waals surface area contributed by atoms with Crippen molar-refractivity contribution < 1.29 is 9.18 Å². The fourth-order valence-electron chi connectivity index (χ4n) is 1.60. The van der Waals surface area contributed by atoms with E-state index in [0.29, 0.717) is 12.1 Å². The van der Waals surface area contributed by atoms with Gasteiger partial charge in [0, 0.05) is 6.42 Å². The number of rotatable bonds is 5. The van der Waals surface area contributed by atoms with Crippen molar-refractivity contribution in [2.24, 2.45) is 0 Å². The van der Waals surface area contributed by atoms with E-state index in [1.165, 1.54) is 12.1 Å². The molecule has 0 bridgehead atoms. The van der Waals surface area contributed by atoms with Crippen LogP contribution >= 0.6 is 11.6 Å². The number of ketones is 1. The summed E-state index contributed by atoms with van der Waals surface area (Å²) in [6.45, 7) is 6.31. The van der Waals surface area contributed by atoms with E-state index in [-0.39, 0.29) is 17.2 Å². The van der Waals surface area contributed by atoms with Crippen LogP contribution in [0.1, 0.15) is 26.3 Å². The molecule has 0 aliphatic carbocycles. The van der Waals surface area contributed by atoms with Gasteiger partial charge in [0.15, 0.2) is 5.78 Å². The molecule has 1 N–H and O–H groups in total. The van der Waals surface area contributed by atoms with E-state index in [4.69, 9.17) is 11.6 Å². The lowest BCUT2D eigenvalue weighted by Crippen LogP contribution is -2.47. The van der Waals surface area contributed by atoms with Gasteiger partial charge in [0.1, 0.15) is 5.82 Å². The van der Waals surface area contributed by atoms with Gasteiger partial charge < -0.3 is 5.32 Å². The predicted molar refractivity (Wildman–Crippen MR) is 67.9 cm³/mol. The maximum atomic E-state index is 13.2. The average molecular weight is 258 g/mol. The molecule has 0 unspecified atom stereocenters. The van der Waals surface area contributed by atoms with Crippen LogP contribution in [-0.2, 0) is 11.2 Å². The summed E-state index contributed by atoms with van der Waals surface area (Å²) in [6, 6.07) is 4.45. The predicted octanol–water partition coefficient (Wildman–Crippen LogP) is 2.98. The van der Waals surface area contributed by atoms with Crippen LogP contribution < -0.4 is 5.32 Å². The number of hydrogen-bond acceptors (Lipinski definition) is 2. The molecule has 0 aliphatic heterocycles. The van der Waals surface area contributed by atoms with Crippen molar-refractivity contribution in [2.45, 2.75) is 32.7 Å². The molecular weight excluding hydrogens is 241 g/mol. The highest BCUT2D eigenvalue weighted by atomic mass is 35.5. The van der Waals surface area contributed by atoms with Crippen molar-refractivity contribution in [3.05, 3.63) is 34.6 Å². The van der Waals surface area contributed by atoms with E-state index in [1.807, 2.05) is 20.8 Å². The minimum atomic E-state index is -0.592. The Kier molecular flexibility index (Phi) is 4.66. The van der Waals surface area contributed by atoms with E-state index in [2.05, 4.69) is 5.32 Å². The van der Waals surface area contributed by atoms with Gasteiger partial charge in [0.25, 0.3) is 0 Å². The van der Waals surface area contributed by atoms with E-state index < -0.39 is 11.4 Å². The van der Waals surface area contributed by atoms with Crippen molar-refractivity contribution in [1.82, 2.24) is 5.32 Å². The second-order valence-electron chi connectivity index (χ2n) is 4.50. The van der Waals surface area contributed by atoms with E-state index in [1.54, 1.807) is 6.07 Å². The molecule has 0 spiro atoms. The molecule has 1 aromatic carbocycles. The normalized spacial score (nSPS) is 11.6. The lowest BCUT2D eigenvalue weighted by atomic mass is 9.93. The van der Waals surface area contributed by atoms with Gasteiger partial charge in [-0.05, 0) is 38.1 Å². The summed E-state index contributed by atoms with van der Waals surface area (Å²) in [5.74, 6) is -0.459. The maximum absolute atomic E-state index is 13.2. The van der Waals surface area contributed by atoms with Crippen LogP contribution in [0.5, 0.6) is 0 Å². The lowest BCUT2D eigenvalue weighted by Gasteiger charge is -2.24. The fraction of sp³-hybridized carbons (Fsp3) is 0.462. The van der Waals surface area contributed by atoms with Crippen LogP contribution in [0.2, 0.25) is 5.02 Å². The summed E-state index contributed by atoms with van der Waals surface area (Å²) in [7, 11) is 0. The van der Waals surface area contributed by atoms with Crippen molar-refractivity contribution in [1.29, 1.82) is 0 Å². The first-order valence-electron chi connectivity index (χ1n) is 5.59. The molecule has 1 aromatic rings. The van der Waals surface area contributed by atoms with Crippen LogP contribution in [0.3, 0.4) is 0 Å². The molecule has 0 saturated heterocycles.